The Balaban J connectivity index is 1.23. The van der Waals surface area contributed by atoms with E-state index < -0.39 is 0 Å². The molecule has 1 aromatic heterocycles. The van der Waals surface area contributed by atoms with Gasteiger partial charge in [0, 0.05) is 40.6 Å². The van der Waals surface area contributed by atoms with Crippen molar-refractivity contribution in [2.24, 2.45) is 0 Å². The maximum Gasteiger partial charge on any atom is 0.0433 e. The summed E-state index contributed by atoms with van der Waals surface area (Å²) in [7, 11) is 0. The highest BCUT2D eigenvalue weighted by Gasteiger charge is 2.14. The normalized spacial score (nSPS) is 14.8. The van der Waals surface area contributed by atoms with Gasteiger partial charge in [0.05, 0.1) is 0 Å². The molecule has 0 nitrogen and oxygen atoms in total. The molecule has 2 heterocycles. The predicted molar refractivity (Wildman–Crippen MR) is 179 cm³/mol. The lowest BCUT2D eigenvalue weighted by molar-refractivity contribution is 1.36. The highest BCUT2D eigenvalue weighted by atomic mass is 32.2. The summed E-state index contributed by atoms with van der Waals surface area (Å²) in [6.45, 7) is 4.33. The van der Waals surface area contributed by atoms with Gasteiger partial charge in [-0.3, -0.25) is 0 Å². The fourth-order valence-electron chi connectivity index (χ4n) is 5.26. The molecule has 5 aromatic carbocycles. The van der Waals surface area contributed by atoms with Gasteiger partial charge in [-0.15, -0.1) is 23.1 Å². The monoisotopic (exact) mass is 566 g/mol. The molecule has 0 fully saturated rings. The van der Waals surface area contributed by atoms with Gasteiger partial charge < -0.3 is 0 Å². The Bertz CT molecular complexity index is 1950. The van der Waals surface area contributed by atoms with Crippen LogP contribution in [0.15, 0.2) is 155 Å². The van der Waals surface area contributed by atoms with Crippen LogP contribution in [-0.2, 0) is 0 Å². The molecule has 3 heteroatoms. The molecule has 0 saturated heterocycles. The first-order valence-corrected chi connectivity index (χ1v) is 15.9. The van der Waals surface area contributed by atoms with Crippen molar-refractivity contribution in [1.82, 2.24) is 0 Å². The Morgan fingerprint density at radius 1 is 0.625 bits per heavy atom. The van der Waals surface area contributed by atoms with E-state index in [1.807, 2.05) is 34.9 Å². The van der Waals surface area contributed by atoms with Gasteiger partial charge in [-0.2, -0.15) is 0 Å². The Morgan fingerprint density at radius 3 is 2.15 bits per heavy atom. The van der Waals surface area contributed by atoms with Crippen molar-refractivity contribution < 1.29 is 0 Å². The highest BCUT2D eigenvalue weighted by Crippen LogP contribution is 2.42. The quantitative estimate of drug-likeness (QED) is 0.208. The number of allylic oxidation sites excluding steroid dienone is 4. The number of hydrogen-bond acceptors (Lipinski definition) is 3. The van der Waals surface area contributed by atoms with Gasteiger partial charge in [0.25, 0.3) is 0 Å². The van der Waals surface area contributed by atoms with Gasteiger partial charge in [0.1, 0.15) is 0 Å². The van der Waals surface area contributed by atoms with Crippen molar-refractivity contribution >= 4 is 60.6 Å². The molecule has 0 saturated carbocycles. The van der Waals surface area contributed by atoms with Crippen LogP contribution >= 0.6 is 34.9 Å². The van der Waals surface area contributed by atoms with Crippen molar-refractivity contribution in [1.29, 1.82) is 0 Å². The largest absolute Gasteiger partial charge is 0.135 e. The van der Waals surface area contributed by atoms with Crippen LogP contribution in [0, 0.1) is 0 Å². The Morgan fingerprint density at radius 2 is 1.30 bits per heavy atom. The molecule has 1 aliphatic heterocycles. The average molecular weight is 567 g/mol. The topological polar surface area (TPSA) is 0 Å². The van der Waals surface area contributed by atoms with Gasteiger partial charge in [-0.25, -0.2) is 0 Å². The van der Waals surface area contributed by atoms with Gasteiger partial charge in [-0.1, -0.05) is 122 Å². The fourth-order valence-corrected chi connectivity index (χ4v) is 8.51. The summed E-state index contributed by atoms with van der Waals surface area (Å²) >= 11 is 5.59. The van der Waals surface area contributed by atoms with E-state index in [2.05, 4.69) is 140 Å². The summed E-state index contributed by atoms with van der Waals surface area (Å²) in [6.07, 6.45) is 8.50. The molecule has 6 aromatic rings. The second kappa shape index (κ2) is 11.0. The zero-order chi connectivity index (χ0) is 26.9. The van der Waals surface area contributed by atoms with Crippen LogP contribution in [0.1, 0.15) is 5.56 Å². The summed E-state index contributed by atoms with van der Waals surface area (Å²) in [5.74, 6) is 0.940. The molecule has 0 aliphatic carbocycles. The predicted octanol–water partition coefficient (Wildman–Crippen LogP) is 11.8. The van der Waals surface area contributed by atoms with Gasteiger partial charge in [-0.05, 0) is 63.7 Å². The second-order valence-corrected chi connectivity index (χ2v) is 13.0. The first kappa shape index (κ1) is 25.2. The van der Waals surface area contributed by atoms with Gasteiger partial charge in [0.15, 0.2) is 0 Å². The Kier molecular flexibility index (Phi) is 6.95. The smallest absolute Gasteiger partial charge is 0.0433 e. The van der Waals surface area contributed by atoms with E-state index in [0.717, 1.165) is 11.3 Å². The lowest BCUT2D eigenvalue weighted by Gasteiger charge is -2.15. The van der Waals surface area contributed by atoms with Crippen LogP contribution in [0.25, 0.3) is 48.0 Å². The molecule has 0 unspecified atom stereocenters. The van der Waals surface area contributed by atoms with E-state index in [1.54, 1.807) is 0 Å². The van der Waals surface area contributed by atoms with Crippen LogP contribution in [0.4, 0.5) is 0 Å². The summed E-state index contributed by atoms with van der Waals surface area (Å²) < 4.78 is 2.69. The molecular formula is C37H26S3. The average Bonchev–Trinajstić information content (AvgIpc) is 3.41. The SMILES string of the molecule is C=C1/C=C\C=C/CSc2c1cccc2-c1cccc(Sc2cccc(-c3cccc4c3sc3ccccc34)c2)c1. The number of benzene rings is 5. The lowest BCUT2D eigenvalue weighted by atomic mass is 9.99. The van der Waals surface area contributed by atoms with Crippen LogP contribution in [0.5, 0.6) is 0 Å². The molecule has 0 N–H and O–H groups in total. The Hall–Kier alpha value is -3.76. The van der Waals surface area contributed by atoms with Crippen molar-refractivity contribution in [3.63, 3.8) is 0 Å². The summed E-state index contributed by atoms with van der Waals surface area (Å²) in [4.78, 5) is 3.77. The molecule has 0 atom stereocenters. The molecule has 192 valence electrons. The van der Waals surface area contributed by atoms with E-state index in [-0.39, 0.29) is 0 Å². The minimum Gasteiger partial charge on any atom is -0.135 e. The molecule has 0 radical (unpaired) electrons. The first-order chi connectivity index (χ1) is 19.7. The third kappa shape index (κ3) is 4.86. The number of thioether (sulfide) groups is 1. The van der Waals surface area contributed by atoms with E-state index in [4.69, 9.17) is 0 Å². The maximum atomic E-state index is 4.33. The maximum absolute atomic E-state index is 4.33. The van der Waals surface area contributed by atoms with Crippen molar-refractivity contribution in [2.75, 3.05) is 5.75 Å². The van der Waals surface area contributed by atoms with Crippen LogP contribution in [-0.4, -0.2) is 5.75 Å². The fraction of sp³-hybridized carbons (Fsp3) is 0.0270. The second-order valence-electron chi connectivity index (χ2n) is 9.74. The molecule has 0 bridgehead atoms. The molecule has 7 rings (SSSR count). The van der Waals surface area contributed by atoms with E-state index >= 15 is 0 Å². The number of fused-ring (bicyclic) bond motifs is 4. The molecule has 0 spiro atoms. The van der Waals surface area contributed by atoms with Crippen molar-refractivity contribution in [3.05, 3.63) is 146 Å². The van der Waals surface area contributed by atoms with E-state index in [0.29, 0.717) is 0 Å². The first-order valence-electron chi connectivity index (χ1n) is 13.3. The standard InChI is InChI=1S/C37H26S3/c1-25-11-3-2-6-22-38-36-30(25)17-9-18-31(36)26-12-7-14-28(23-26)39-29-15-8-13-27(24-29)32-19-10-20-34-33-16-4-5-21-35(33)40-37(32)34/h2-21,23-24H,1,22H2/b6-2-,11-3-. The third-order valence-corrected chi connectivity index (χ3v) is 10.4. The summed E-state index contributed by atoms with van der Waals surface area (Å²) in [6, 6.07) is 39.9. The third-order valence-electron chi connectivity index (χ3n) is 7.16. The van der Waals surface area contributed by atoms with Crippen LogP contribution in [0.2, 0.25) is 0 Å². The van der Waals surface area contributed by atoms with E-state index in [9.17, 15) is 0 Å². The number of hydrogen-bond donors (Lipinski definition) is 0. The minimum absolute atomic E-state index is 0.940. The van der Waals surface area contributed by atoms with Crippen molar-refractivity contribution in [2.45, 2.75) is 14.7 Å². The number of rotatable bonds is 4. The van der Waals surface area contributed by atoms with Gasteiger partial charge >= 0.3 is 0 Å². The molecular weight excluding hydrogens is 541 g/mol. The zero-order valence-corrected chi connectivity index (χ0v) is 24.3. The minimum atomic E-state index is 0.940. The highest BCUT2D eigenvalue weighted by molar-refractivity contribution is 7.99. The van der Waals surface area contributed by atoms with Crippen LogP contribution in [0.3, 0.4) is 0 Å². The zero-order valence-electron chi connectivity index (χ0n) is 21.8. The summed E-state index contributed by atoms with van der Waals surface area (Å²) in [5, 5.41) is 2.68. The number of thiophene rings is 1. The van der Waals surface area contributed by atoms with E-state index in [1.165, 1.54) is 62.7 Å². The lowest BCUT2D eigenvalue weighted by Crippen LogP contribution is -1.90. The molecule has 40 heavy (non-hydrogen) atoms. The Labute approximate surface area is 247 Å². The van der Waals surface area contributed by atoms with Crippen molar-refractivity contribution in [3.8, 4) is 22.3 Å². The molecule has 1 aliphatic rings. The molecule has 0 amide bonds. The summed E-state index contributed by atoms with van der Waals surface area (Å²) in [5.41, 5.74) is 7.32. The van der Waals surface area contributed by atoms with Crippen LogP contribution < -0.4 is 0 Å². The van der Waals surface area contributed by atoms with Gasteiger partial charge in [0.2, 0.25) is 0 Å².